The zero-order valence-electron chi connectivity index (χ0n) is 11.2. The lowest BCUT2D eigenvalue weighted by Gasteiger charge is -2.29. The highest BCUT2D eigenvalue weighted by atomic mass is 32.2. The van der Waals surface area contributed by atoms with Gasteiger partial charge in [0.15, 0.2) is 6.10 Å². The standard InChI is InChI=1S/C12H18N2O5S/c1-12-4-2-9(16)14(12)7(6-20-12)10(17)13-5-3-8(15)11(18)19/h7-8,15H,2-6H2,1H3,(H,13,17)(H,18,19). The van der Waals surface area contributed by atoms with E-state index in [4.69, 9.17) is 10.2 Å². The SMILES string of the molecule is CC12CCC(=O)N1C(C(=O)NCCC(O)C(=O)O)CS2. The topological polar surface area (TPSA) is 107 Å². The van der Waals surface area contributed by atoms with E-state index in [9.17, 15) is 14.4 Å². The van der Waals surface area contributed by atoms with Gasteiger partial charge in [-0.3, -0.25) is 9.59 Å². The zero-order chi connectivity index (χ0) is 14.9. The molecular weight excluding hydrogens is 284 g/mol. The Balaban J connectivity index is 1.87. The van der Waals surface area contributed by atoms with Crippen LogP contribution in [0.1, 0.15) is 26.2 Å². The van der Waals surface area contributed by atoms with Crippen molar-refractivity contribution in [3.63, 3.8) is 0 Å². The highest BCUT2D eigenvalue weighted by Crippen LogP contribution is 2.47. The molecule has 0 aromatic rings. The number of carboxylic acids is 1. The van der Waals surface area contributed by atoms with Crippen molar-refractivity contribution < 1.29 is 24.6 Å². The molecule has 2 aliphatic rings. The Bertz CT molecular complexity index is 444. The van der Waals surface area contributed by atoms with Gasteiger partial charge in [0, 0.05) is 25.1 Å². The first kappa shape index (κ1) is 15.1. The highest BCUT2D eigenvalue weighted by molar-refractivity contribution is 8.01. The van der Waals surface area contributed by atoms with Gasteiger partial charge in [-0.1, -0.05) is 0 Å². The fourth-order valence-corrected chi connectivity index (χ4v) is 4.02. The number of rotatable bonds is 5. The average molecular weight is 302 g/mol. The molecule has 3 unspecified atom stereocenters. The summed E-state index contributed by atoms with van der Waals surface area (Å²) in [5.74, 6) is -1.05. The van der Waals surface area contributed by atoms with E-state index in [-0.39, 0.29) is 29.7 Å². The van der Waals surface area contributed by atoms with Crippen LogP contribution in [0.15, 0.2) is 0 Å². The Hall–Kier alpha value is -1.28. The molecular formula is C12H18N2O5S. The average Bonchev–Trinajstić information content (AvgIpc) is 2.86. The Labute approximate surface area is 120 Å². The fourth-order valence-electron chi connectivity index (χ4n) is 2.59. The second kappa shape index (κ2) is 5.61. The van der Waals surface area contributed by atoms with Gasteiger partial charge in [-0.2, -0.15) is 0 Å². The van der Waals surface area contributed by atoms with Crippen LogP contribution in [0.25, 0.3) is 0 Å². The molecule has 7 nitrogen and oxygen atoms in total. The third kappa shape index (κ3) is 2.76. The Morgan fingerprint density at radius 1 is 1.60 bits per heavy atom. The Morgan fingerprint density at radius 3 is 2.95 bits per heavy atom. The number of amides is 2. The first-order chi connectivity index (χ1) is 9.35. The second-order valence-electron chi connectivity index (χ2n) is 5.20. The van der Waals surface area contributed by atoms with Crippen molar-refractivity contribution in [1.82, 2.24) is 10.2 Å². The molecule has 3 N–H and O–H groups in total. The van der Waals surface area contributed by atoms with E-state index in [1.165, 1.54) is 0 Å². The lowest BCUT2D eigenvalue weighted by atomic mass is 10.2. The van der Waals surface area contributed by atoms with Gasteiger partial charge in [-0.15, -0.1) is 11.8 Å². The summed E-state index contributed by atoms with van der Waals surface area (Å²) in [6, 6.07) is -0.498. The number of aliphatic hydroxyl groups excluding tert-OH is 1. The summed E-state index contributed by atoms with van der Waals surface area (Å²) >= 11 is 1.60. The number of hydrogen-bond acceptors (Lipinski definition) is 5. The number of nitrogens with one attached hydrogen (secondary N) is 1. The molecule has 0 aliphatic carbocycles. The number of carbonyl (C=O) groups is 3. The van der Waals surface area contributed by atoms with Crippen molar-refractivity contribution in [2.24, 2.45) is 0 Å². The molecule has 2 heterocycles. The van der Waals surface area contributed by atoms with Crippen LogP contribution in [0.5, 0.6) is 0 Å². The van der Waals surface area contributed by atoms with Crippen LogP contribution in [-0.4, -0.2) is 62.2 Å². The fraction of sp³-hybridized carbons (Fsp3) is 0.750. The van der Waals surface area contributed by atoms with Gasteiger partial charge in [0.2, 0.25) is 11.8 Å². The third-order valence-corrected chi connectivity index (χ3v) is 5.25. The smallest absolute Gasteiger partial charge is 0.332 e. The van der Waals surface area contributed by atoms with E-state index < -0.39 is 18.1 Å². The van der Waals surface area contributed by atoms with Gasteiger partial charge in [0.05, 0.1) is 4.87 Å². The normalized spacial score (nSPS) is 30.2. The van der Waals surface area contributed by atoms with E-state index in [0.29, 0.717) is 12.2 Å². The monoisotopic (exact) mass is 302 g/mol. The van der Waals surface area contributed by atoms with Crippen molar-refractivity contribution in [2.45, 2.75) is 43.2 Å². The van der Waals surface area contributed by atoms with Gasteiger partial charge in [0.25, 0.3) is 0 Å². The largest absolute Gasteiger partial charge is 0.479 e. The Morgan fingerprint density at radius 2 is 2.30 bits per heavy atom. The molecule has 3 atom stereocenters. The lowest BCUT2D eigenvalue weighted by molar-refractivity contribution is -0.147. The van der Waals surface area contributed by atoms with Crippen molar-refractivity contribution in [2.75, 3.05) is 12.3 Å². The van der Waals surface area contributed by atoms with Crippen LogP contribution in [0.4, 0.5) is 0 Å². The van der Waals surface area contributed by atoms with Gasteiger partial charge < -0.3 is 20.4 Å². The molecule has 20 heavy (non-hydrogen) atoms. The lowest BCUT2D eigenvalue weighted by Crippen LogP contribution is -2.50. The molecule has 8 heteroatoms. The summed E-state index contributed by atoms with van der Waals surface area (Å²) < 4.78 is 0. The summed E-state index contributed by atoms with van der Waals surface area (Å²) in [6.07, 6.45) is -0.318. The number of aliphatic carboxylic acids is 1. The van der Waals surface area contributed by atoms with Crippen molar-refractivity contribution in [3.05, 3.63) is 0 Å². The summed E-state index contributed by atoms with van der Waals surface area (Å²) in [7, 11) is 0. The molecule has 2 amide bonds. The van der Waals surface area contributed by atoms with Crippen molar-refractivity contribution in [3.8, 4) is 0 Å². The zero-order valence-corrected chi connectivity index (χ0v) is 12.0. The maximum Gasteiger partial charge on any atom is 0.332 e. The molecule has 2 saturated heterocycles. The minimum absolute atomic E-state index is 0.0109. The predicted molar refractivity (Wildman–Crippen MR) is 72.0 cm³/mol. The number of fused-ring (bicyclic) bond motifs is 1. The maximum atomic E-state index is 12.1. The van der Waals surface area contributed by atoms with Gasteiger partial charge in [-0.05, 0) is 13.3 Å². The molecule has 0 aromatic carbocycles. The highest BCUT2D eigenvalue weighted by Gasteiger charge is 2.52. The molecule has 2 aliphatic heterocycles. The number of aliphatic hydroxyl groups is 1. The minimum atomic E-state index is -1.48. The first-order valence-electron chi connectivity index (χ1n) is 6.50. The van der Waals surface area contributed by atoms with E-state index in [1.807, 2.05) is 6.92 Å². The molecule has 2 rings (SSSR count). The molecule has 0 saturated carbocycles. The summed E-state index contributed by atoms with van der Waals surface area (Å²) in [5.41, 5.74) is 0. The van der Waals surface area contributed by atoms with Crippen LogP contribution >= 0.6 is 11.8 Å². The van der Waals surface area contributed by atoms with Crippen molar-refractivity contribution in [1.29, 1.82) is 0 Å². The van der Waals surface area contributed by atoms with Crippen LogP contribution < -0.4 is 5.32 Å². The van der Waals surface area contributed by atoms with Crippen LogP contribution in [-0.2, 0) is 14.4 Å². The van der Waals surface area contributed by atoms with E-state index in [0.717, 1.165) is 6.42 Å². The Kier molecular flexibility index (Phi) is 4.24. The van der Waals surface area contributed by atoms with E-state index in [2.05, 4.69) is 5.32 Å². The third-order valence-electron chi connectivity index (χ3n) is 3.75. The van der Waals surface area contributed by atoms with Crippen LogP contribution in [0, 0.1) is 0 Å². The van der Waals surface area contributed by atoms with Gasteiger partial charge in [-0.25, -0.2) is 4.79 Å². The first-order valence-corrected chi connectivity index (χ1v) is 7.48. The summed E-state index contributed by atoms with van der Waals surface area (Å²) in [4.78, 5) is 35.7. The number of thioether (sulfide) groups is 1. The number of carboxylic acid groups (broad SMARTS) is 1. The van der Waals surface area contributed by atoms with Crippen LogP contribution in [0.3, 0.4) is 0 Å². The van der Waals surface area contributed by atoms with E-state index in [1.54, 1.807) is 16.7 Å². The molecule has 0 bridgehead atoms. The summed E-state index contributed by atoms with van der Waals surface area (Å²) in [5, 5.41) is 20.2. The maximum absolute atomic E-state index is 12.1. The van der Waals surface area contributed by atoms with Crippen molar-refractivity contribution >= 4 is 29.5 Å². The minimum Gasteiger partial charge on any atom is -0.479 e. The van der Waals surface area contributed by atoms with Crippen LogP contribution in [0.2, 0.25) is 0 Å². The van der Waals surface area contributed by atoms with E-state index >= 15 is 0 Å². The summed E-state index contributed by atoms with van der Waals surface area (Å²) in [6.45, 7) is 2.04. The molecule has 112 valence electrons. The predicted octanol–water partition coefficient (Wildman–Crippen LogP) is -0.608. The van der Waals surface area contributed by atoms with Gasteiger partial charge >= 0.3 is 5.97 Å². The second-order valence-corrected chi connectivity index (χ2v) is 6.70. The molecule has 0 spiro atoms. The number of carbonyl (C=O) groups excluding carboxylic acids is 2. The number of hydrogen-bond donors (Lipinski definition) is 3. The molecule has 0 aromatic heterocycles. The molecule has 2 fully saturated rings. The molecule has 0 radical (unpaired) electrons. The van der Waals surface area contributed by atoms with Gasteiger partial charge in [0.1, 0.15) is 6.04 Å². The quantitative estimate of drug-likeness (QED) is 0.625. The number of nitrogens with zero attached hydrogens (tertiary/aromatic N) is 1.